The van der Waals surface area contributed by atoms with E-state index >= 15 is 0 Å². The van der Waals surface area contributed by atoms with Gasteiger partial charge in [-0.1, -0.05) is 32.9 Å². The van der Waals surface area contributed by atoms with E-state index < -0.39 is 0 Å². The van der Waals surface area contributed by atoms with Crippen molar-refractivity contribution in [2.75, 3.05) is 0 Å². The van der Waals surface area contributed by atoms with Crippen LogP contribution in [-0.4, -0.2) is 21.4 Å². The van der Waals surface area contributed by atoms with Crippen LogP contribution in [0.2, 0.25) is 0 Å². The summed E-state index contributed by atoms with van der Waals surface area (Å²) in [6.07, 6.45) is 3.66. The third-order valence-corrected chi connectivity index (χ3v) is 6.57. The van der Waals surface area contributed by atoms with Crippen LogP contribution in [0.15, 0.2) is 34.5 Å². The van der Waals surface area contributed by atoms with Crippen LogP contribution in [0, 0.1) is 16.7 Å². The van der Waals surface area contributed by atoms with Crippen molar-refractivity contribution < 1.29 is 0 Å². The molecule has 1 heterocycles. The molecule has 0 aliphatic heterocycles. The summed E-state index contributed by atoms with van der Waals surface area (Å²) in [5.41, 5.74) is 4.67. The third kappa shape index (κ3) is 2.00. The molecule has 4 nitrogen and oxygen atoms in total. The van der Waals surface area contributed by atoms with E-state index in [0.29, 0.717) is 5.41 Å². The lowest BCUT2D eigenvalue weighted by Crippen LogP contribution is -2.32. The molecular formula is C19H24N4. The van der Waals surface area contributed by atoms with Crippen molar-refractivity contribution in [2.45, 2.75) is 47.0 Å². The lowest BCUT2D eigenvalue weighted by molar-refractivity contribution is 0.194. The number of para-hydroxylation sites is 2. The second-order valence-corrected chi connectivity index (χ2v) is 7.83. The number of nitrogens with one attached hydrogen (secondary N) is 1. The molecule has 23 heavy (non-hydrogen) atoms. The number of rotatable bonds is 2. The van der Waals surface area contributed by atoms with Crippen molar-refractivity contribution in [3.8, 4) is 0 Å². The lowest BCUT2D eigenvalue weighted by Gasteiger charge is -2.34. The Balaban J connectivity index is 1.66. The fraction of sp³-hybridized carbons (Fsp3) is 0.526. The Morgan fingerprint density at radius 1 is 1.26 bits per heavy atom. The summed E-state index contributed by atoms with van der Waals surface area (Å²) in [6, 6.07) is 8.05. The fourth-order valence-corrected chi connectivity index (χ4v) is 4.39. The highest BCUT2D eigenvalue weighted by molar-refractivity contribution is 5.99. The second kappa shape index (κ2) is 4.76. The standard InChI is InChI=1S/C19H24N4/c1-12(17-20-14-7-5-6-8-15(14)21-17)22-23-16-11-13-9-10-19(16,4)18(13,2)3/h5-8,13H,9-11H2,1-4H3,(H,20,21)/b22-12+,23-16+. The van der Waals surface area contributed by atoms with Crippen LogP contribution in [0.5, 0.6) is 0 Å². The topological polar surface area (TPSA) is 53.4 Å². The quantitative estimate of drug-likeness (QED) is 0.641. The van der Waals surface area contributed by atoms with Crippen LogP contribution >= 0.6 is 0 Å². The molecule has 0 saturated heterocycles. The Hall–Kier alpha value is -1.97. The van der Waals surface area contributed by atoms with Gasteiger partial charge in [0.1, 0.15) is 5.71 Å². The number of aromatic nitrogens is 2. The first-order valence-corrected chi connectivity index (χ1v) is 8.48. The highest BCUT2D eigenvalue weighted by Gasteiger charge is 2.59. The van der Waals surface area contributed by atoms with Gasteiger partial charge >= 0.3 is 0 Å². The second-order valence-electron chi connectivity index (χ2n) is 7.83. The molecule has 1 N–H and O–H groups in total. The average molecular weight is 308 g/mol. The van der Waals surface area contributed by atoms with E-state index in [4.69, 9.17) is 0 Å². The zero-order valence-corrected chi connectivity index (χ0v) is 14.3. The summed E-state index contributed by atoms with van der Waals surface area (Å²) in [6.45, 7) is 9.12. The van der Waals surface area contributed by atoms with Gasteiger partial charge in [0.25, 0.3) is 0 Å². The minimum Gasteiger partial charge on any atom is -0.337 e. The fourth-order valence-electron chi connectivity index (χ4n) is 4.39. The van der Waals surface area contributed by atoms with Crippen molar-refractivity contribution in [3.63, 3.8) is 0 Å². The predicted octanol–water partition coefficient (Wildman–Crippen LogP) is 4.57. The molecule has 2 aromatic rings. The van der Waals surface area contributed by atoms with Gasteiger partial charge in [-0.25, -0.2) is 4.98 Å². The van der Waals surface area contributed by atoms with E-state index in [-0.39, 0.29) is 5.41 Å². The summed E-state index contributed by atoms with van der Waals surface area (Å²) in [7, 11) is 0. The highest BCUT2D eigenvalue weighted by atomic mass is 15.2. The number of hydrogen-bond donors (Lipinski definition) is 1. The zero-order chi connectivity index (χ0) is 16.2. The molecule has 1 aromatic heterocycles. The highest BCUT2D eigenvalue weighted by Crippen LogP contribution is 2.63. The van der Waals surface area contributed by atoms with E-state index in [2.05, 4.69) is 40.9 Å². The number of imidazole rings is 1. The van der Waals surface area contributed by atoms with E-state index in [9.17, 15) is 0 Å². The van der Waals surface area contributed by atoms with Gasteiger partial charge in [-0.3, -0.25) is 0 Å². The number of H-pyrrole nitrogens is 1. The summed E-state index contributed by atoms with van der Waals surface area (Å²) in [5.74, 6) is 1.57. The summed E-state index contributed by atoms with van der Waals surface area (Å²) in [4.78, 5) is 7.92. The SMILES string of the molecule is C/C(=N\N=C1/CC2CCC1(C)C2(C)C)c1nc2ccccc2[nH]1. The van der Waals surface area contributed by atoms with Crippen LogP contribution in [0.4, 0.5) is 0 Å². The van der Waals surface area contributed by atoms with Gasteiger partial charge in [-0.05, 0) is 49.7 Å². The van der Waals surface area contributed by atoms with Gasteiger partial charge in [0.2, 0.25) is 0 Å². The molecule has 2 fully saturated rings. The maximum absolute atomic E-state index is 4.66. The Kier molecular flexibility index (Phi) is 3.03. The normalized spacial score (nSPS) is 31.4. The summed E-state index contributed by atoms with van der Waals surface area (Å²) < 4.78 is 0. The van der Waals surface area contributed by atoms with Gasteiger partial charge in [0.15, 0.2) is 5.82 Å². The zero-order valence-electron chi connectivity index (χ0n) is 14.3. The maximum atomic E-state index is 4.66. The number of nitrogens with zero attached hydrogens (tertiary/aromatic N) is 3. The first kappa shape index (κ1) is 14.6. The molecule has 0 spiro atoms. The Bertz CT molecular complexity index is 794. The third-order valence-electron chi connectivity index (χ3n) is 6.57. The average Bonchev–Trinajstić information content (AvgIpc) is 3.11. The molecule has 2 saturated carbocycles. The summed E-state index contributed by atoms with van der Waals surface area (Å²) >= 11 is 0. The minimum absolute atomic E-state index is 0.204. The molecular weight excluding hydrogens is 284 g/mol. The minimum atomic E-state index is 0.204. The van der Waals surface area contributed by atoms with Crippen LogP contribution in [0.3, 0.4) is 0 Å². The number of aromatic amines is 1. The molecule has 4 rings (SSSR count). The molecule has 4 heteroatoms. The molecule has 120 valence electrons. The van der Waals surface area contributed by atoms with Gasteiger partial charge in [0, 0.05) is 11.1 Å². The molecule has 0 amide bonds. The van der Waals surface area contributed by atoms with E-state index in [1.165, 1.54) is 18.6 Å². The number of benzene rings is 1. The smallest absolute Gasteiger partial charge is 0.154 e. The van der Waals surface area contributed by atoms with Gasteiger partial charge in [-0.15, -0.1) is 0 Å². The monoisotopic (exact) mass is 308 g/mol. The molecule has 0 radical (unpaired) electrons. The molecule has 2 atom stereocenters. The van der Waals surface area contributed by atoms with Crippen LogP contribution in [0.1, 0.15) is 52.8 Å². The lowest BCUT2D eigenvalue weighted by atomic mass is 9.70. The number of fused-ring (bicyclic) bond motifs is 3. The molecule has 2 aliphatic rings. The number of hydrogen-bond acceptors (Lipinski definition) is 3. The molecule has 1 aromatic carbocycles. The van der Waals surface area contributed by atoms with E-state index in [1.807, 2.05) is 31.2 Å². The Morgan fingerprint density at radius 2 is 2.04 bits per heavy atom. The van der Waals surface area contributed by atoms with E-state index in [1.54, 1.807) is 0 Å². The Labute approximate surface area is 137 Å². The largest absolute Gasteiger partial charge is 0.337 e. The maximum Gasteiger partial charge on any atom is 0.154 e. The molecule has 2 bridgehead atoms. The van der Waals surface area contributed by atoms with E-state index in [0.717, 1.165) is 34.9 Å². The van der Waals surface area contributed by atoms with Crippen molar-refractivity contribution in [2.24, 2.45) is 27.0 Å². The molecule has 2 aliphatic carbocycles. The van der Waals surface area contributed by atoms with Gasteiger partial charge < -0.3 is 4.98 Å². The van der Waals surface area contributed by atoms with Crippen LogP contribution in [0.25, 0.3) is 11.0 Å². The Morgan fingerprint density at radius 3 is 2.70 bits per heavy atom. The summed E-state index contributed by atoms with van der Waals surface area (Å²) in [5, 5.41) is 9.18. The first-order valence-electron chi connectivity index (χ1n) is 8.48. The first-order chi connectivity index (χ1) is 10.9. The molecule has 2 unspecified atom stereocenters. The predicted molar refractivity (Wildman–Crippen MR) is 95.0 cm³/mol. The van der Waals surface area contributed by atoms with Crippen molar-refractivity contribution >= 4 is 22.5 Å². The van der Waals surface area contributed by atoms with Crippen molar-refractivity contribution in [1.82, 2.24) is 9.97 Å². The van der Waals surface area contributed by atoms with Crippen LogP contribution < -0.4 is 0 Å². The van der Waals surface area contributed by atoms with Crippen molar-refractivity contribution in [1.29, 1.82) is 0 Å². The van der Waals surface area contributed by atoms with Crippen LogP contribution in [-0.2, 0) is 0 Å². The van der Waals surface area contributed by atoms with Gasteiger partial charge in [-0.2, -0.15) is 10.2 Å². The van der Waals surface area contributed by atoms with Crippen molar-refractivity contribution in [3.05, 3.63) is 30.1 Å². The van der Waals surface area contributed by atoms with Gasteiger partial charge in [0.05, 0.1) is 11.0 Å².